The fourth-order valence-electron chi connectivity index (χ4n) is 3.70. The molecule has 3 aromatic rings. The van der Waals surface area contributed by atoms with Crippen molar-refractivity contribution >= 4 is 42.4 Å². The average Bonchev–Trinajstić information content (AvgIpc) is 3.44. The highest BCUT2D eigenvalue weighted by atomic mass is 32.2. The number of aryl methyl sites for hydroxylation is 2. The standard InChI is InChI=1S/C23H26N2O4S2/c1-4-31(27,28)19-10-8-17(9-11-19)22(26)25(14-18-6-5-13-29-18)23-24-21-16(3)15(2)7-12-20(21)30-23/h7-12,18H,4-6,13-14H2,1-3H3. The lowest BCUT2D eigenvalue weighted by Gasteiger charge is -2.23. The van der Waals surface area contributed by atoms with Crippen molar-refractivity contribution in [1.82, 2.24) is 4.98 Å². The Bertz CT molecular complexity index is 1210. The molecule has 1 saturated heterocycles. The lowest BCUT2D eigenvalue weighted by Crippen LogP contribution is -2.37. The van der Waals surface area contributed by atoms with Gasteiger partial charge in [-0.25, -0.2) is 13.4 Å². The third-order valence-corrected chi connectivity index (χ3v) is 8.59. The molecule has 0 aliphatic carbocycles. The first-order chi connectivity index (χ1) is 14.8. The van der Waals surface area contributed by atoms with Gasteiger partial charge < -0.3 is 4.74 Å². The smallest absolute Gasteiger partial charge is 0.260 e. The molecule has 1 unspecified atom stereocenters. The minimum Gasteiger partial charge on any atom is -0.376 e. The van der Waals surface area contributed by atoms with E-state index < -0.39 is 9.84 Å². The Morgan fingerprint density at radius 2 is 1.94 bits per heavy atom. The van der Waals surface area contributed by atoms with Crippen LogP contribution in [0.1, 0.15) is 41.3 Å². The van der Waals surface area contributed by atoms with Crippen LogP contribution in [0.2, 0.25) is 0 Å². The minimum absolute atomic E-state index is 0.0237. The monoisotopic (exact) mass is 458 g/mol. The molecule has 0 radical (unpaired) electrons. The molecular weight excluding hydrogens is 432 g/mol. The summed E-state index contributed by atoms with van der Waals surface area (Å²) in [4.78, 5) is 20.2. The largest absolute Gasteiger partial charge is 0.376 e. The molecule has 2 heterocycles. The Labute approximate surface area is 186 Å². The Balaban J connectivity index is 1.71. The van der Waals surface area contributed by atoms with Gasteiger partial charge in [-0.3, -0.25) is 9.69 Å². The molecule has 6 nitrogen and oxygen atoms in total. The summed E-state index contributed by atoms with van der Waals surface area (Å²) in [7, 11) is -3.31. The molecular formula is C23H26N2O4S2. The molecule has 31 heavy (non-hydrogen) atoms. The molecule has 4 rings (SSSR count). The number of hydrogen-bond acceptors (Lipinski definition) is 6. The van der Waals surface area contributed by atoms with E-state index in [1.165, 1.54) is 23.5 Å². The summed E-state index contributed by atoms with van der Waals surface area (Å²) in [6, 6.07) is 10.3. The van der Waals surface area contributed by atoms with Crippen LogP contribution in [0.4, 0.5) is 5.13 Å². The van der Waals surface area contributed by atoms with Crippen molar-refractivity contribution in [3.05, 3.63) is 53.1 Å². The maximum Gasteiger partial charge on any atom is 0.260 e. The van der Waals surface area contributed by atoms with Crippen LogP contribution in [0.3, 0.4) is 0 Å². The van der Waals surface area contributed by atoms with E-state index in [-0.39, 0.29) is 22.7 Å². The van der Waals surface area contributed by atoms with Gasteiger partial charge in [0.2, 0.25) is 0 Å². The van der Waals surface area contributed by atoms with Crippen LogP contribution in [-0.2, 0) is 14.6 Å². The van der Waals surface area contributed by atoms with Gasteiger partial charge in [0, 0.05) is 12.2 Å². The lowest BCUT2D eigenvalue weighted by molar-refractivity contribution is 0.0917. The number of hydrogen-bond donors (Lipinski definition) is 0. The molecule has 1 aliphatic heterocycles. The highest BCUT2D eigenvalue weighted by Crippen LogP contribution is 2.33. The quantitative estimate of drug-likeness (QED) is 0.542. The van der Waals surface area contributed by atoms with Gasteiger partial charge in [0.15, 0.2) is 15.0 Å². The van der Waals surface area contributed by atoms with E-state index in [9.17, 15) is 13.2 Å². The maximum absolute atomic E-state index is 13.5. The summed E-state index contributed by atoms with van der Waals surface area (Å²) in [6.07, 6.45) is 1.85. The Hall–Kier alpha value is -2.29. The number of carbonyl (C=O) groups excluding carboxylic acids is 1. The van der Waals surface area contributed by atoms with Crippen LogP contribution in [-0.4, -0.2) is 44.3 Å². The Morgan fingerprint density at radius 1 is 1.19 bits per heavy atom. The van der Waals surface area contributed by atoms with Crippen LogP contribution < -0.4 is 4.90 Å². The number of ether oxygens (including phenoxy) is 1. The molecule has 1 atom stereocenters. The molecule has 8 heteroatoms. The van der Waals surface area contributed by atoms with E-state index in [0.29, 0.717) is 23.8 Å². The van der Waals surface area contributed by atoms with Gasteiger partial charge in [0.05, 0.1) is 33.5 Å². The number of carbonyl (C=O) groups is 1. The summed E-state index contributed by atoms with van der Waals surface area (Å²) in [5, 5.41) is 0.634. The number of thiazole rings is 1. The van der Waals surface area contributed by atoms with E-state index in [1.807, 2.05) is 13.0 Å². The molecule has 1 fully saturated rings. The maximum atomic E-state index is 13.5. The fourth-order valence-corrected chi connectivity index (χ4v) is 5.61. The SMILES string of the molecule is CCS(=O)(=O)c1ccc(C(=O)N(CC2CCCO2)c2nc3c(C)c(C)ccc3s2)cc1. The zero-order chi connectivity index (χ0) is 22.2. The van der Waals surface area contributed by atoms with Crippen molar-refractivity contribution < 1.29 is 17.9 Å². The first kappa shape index (κ1) is 21.9. The predicted molar refractivity (Wildman–Crippen MR) is 124 cm³/mol. The molecule has 1 aromatic heterocycles. The predicted octanol–water partition coefficient (Wildman–Crippen LogP) is 4.53. The van der Waals surface area contributed by atoms with Crippen molar-refractivity contribution in [3.8, 4) is 0 Å². The Kier molecular flexibility index (Phi) is 6.14. The molecule has 0 bridgehead atoms. The van der Waals surface area contributed by atoms with Crippen molar-refractivity contribution in [1.29, 1.82) is 0 Å². The number of anilines is 1. The zero-order valence-electron chi connectivity index (χ0n) is 17.9. The summed E-state index contributed by atoms with van der Waals surface area (Å²) in [5.41, 5.74) is 3.61. The van der Waals surface area contributed by atoms with E-state index in [0.717, 1.165) is 34.2 Å². The van der Waals surface area contributed by atoms with Crippen LogP contribution in [0.25, 0.3) is 10.2 Å². The second-order valence-electron chi connectivity index (χ2n) is 7.83. The summed E-state index contributed by atoms with van der Waals surface area (Å²) in [6.45, 7) is 6.82. The van der Waals surface area contributed by atoms with Gasteiger partial charge in [0.1, 0.15) is 0 Å². The summed E-state index contributed by atoms with van der Waals surface area (Å²) in [5.74, 6) is -0.181. The Morgan fingerprint density at radius 3 is 2.58 bits per heavy atom. The van der Waals surface area contributed by atoms with Gasteiger partial charge in [-0.15, -0.1) is 0 Å². The zero-order valence-corrected chi connectivity index (χ0v) is 19.6. The van der Waals surface area contributed by atoms with Crippen molar-refractivity contribution in [2.75, 3.05) is 23.8 Å². The first-order valence-electron chi connectivity index (χ1n) is 10.4. The number of fused-ring (bicyclic) bond motifs is 1. The number of benzene rings is 2. The number of amides is 1. The lowest BCUT2D eigenvalue weighted by atomic mass is 10.1. The average molecular weight is 459 g/mol. The van der Waals surface area contributed by atoms with Crippen LogP contribution in [0.15, 0.2) is 41.3 Å². The molecule has 0 spiro atoms. The molecule has 164 valence electrons. The molecule has 0 saturated carbocycles. The highest BCUT2D eigenvalue weighted by molar-refractivity contribution is 7.91. The highest BCUT2D eigenvalue weighted by Gasteiger charge is 2.27. The van der Waals surface area contributed by atoms with E-state index in [1.54, 1.807) is 24.0 Å². The minimum atomic E-state index is -3.31. The molecule has 0 N–H and O–H groups in total. The molecule has 1 aliphatic rings. The van der Waals surface area contributed by atoms with Gasteiger partial charge in [-0.05, 0) is 68.1 Å². The van der Waals surface area contributed by atoms with Gasteiger partial charge in [-0.1, -0.05) is 24.3 Å². The summed E-state index contributed by atoms with van der Waals surface area (Å²) < 4.78 is 31.0. The third kappa shape index (κ3) is 4.37. The first-order valence-corrected chi connectivity index (χ1v) is 12.9. The number of rotatable bonds is 6. The van der Waals surface area contributed by atoms with Crippen LogP contribution in [0, 0.1) is 13.8 Å². The van der Waals surface area contributed by atoms with E-state index >= 15 is 0 Å². The third-order valence-electron chi connectivity index (χ3n) is 5.80. The molecule has 2 aromatic carbocycles. The normalized spacial score (nSPS) is 16.7. The van der Waals surface area contributed by atoms with Crippen LogP contribution in [0.5, 0.6) is 0 Å². The van der Waals surface area contributed by atoms with Crippen LogP contribution >= 0.6 is 11.3 Å². The fraction of sp³-hybridized carbons (Fsp3) is 0.391. The van der Waals surface area contributed by atoms with Gasteiger partial charge in [-0.2, -0.15) is 0 Å². The topological polar surface area (TPSA) is 76.6 Å². The summed E-state index contributed by atoms with van der Waals surface area (Å²) >= 11 is 1.49. The van der Waals surface area contributed by atoms with Gasteiger partial charge >= 0.3 is 0 Å². The second kappa shape index (κ2) is 8.68. The van der Waals surface area contributed by atoms with E-state index in [2.05, 4.69) is 13.0 Å². The van der Waals surface area contributed by atoms with Crippen molar-refractivity contribution in [2.24, 2.45) is 0 Å². The number of sulfone groups is 1. The number of nitrogens with zero attached hydrogens (tertiary/aromatic N) is 2. The molecule has 1 amide bonds. The second-order valence-corrected chi connectivity index (χ2v) is 11.1. The van der Waals surface area contributed by atoms with Crippen molar-refractivity contribution in [3.63, 3.8) is 0 Å². The van der Waals surface area contributed by atoms with Gasteiger partial charge in [0.25, 0.3) is 5.91 Å². The van der Waals surface area contributed by atoms with E-state index in [4.69, 9.17) is 9.72 Å². The number of aromatic nitrogens is 1. The van der Waals surface area contributed by atoms with Crippen molar-refractivity contribution in [2.45, 2.75) is 44.6 Å².